The molecule has 0 fully saturated rings. The van der Waals surface area contributed by atoms with Crippen LogP contribution in [-0.2, 0) is 25.8 Å². The number of nitrogens with one attached hydrogen (secondary N) is 1. The number of fused-ring (bicyclic) bond motifs is 1. The summed E-state index contributed by atoms with van der Waals surface area (Å²) < 4.78 is 1.94. The minimum atomic E-state index is 0.168. The summed E-state index contributed by atoms with van der Waals surface area (Å²) in [6, 6.07) is 8.03. The normalized spacial score (nSPS) is 13.0. The van der Waals surface area contributed by atoms with Crippen LogP contribution in [0.1, 0.15) is 41.2 Å². The standard InChI is InChI=1S/C17H21N3O/c1-3-14-10-15(20(4-2)19-14)11-17(21)13-5-6-16-12(9-13)7-8-18-16/h5-6,9-10,18H,3-4,7-8,11H2,1-2H3. The van der Waals surface area contributed by atoms with Crippen LogP contribution in [0.3, 0.4) is 0 Å². The van der Waals surface area contributed by atoms with Crippen LogP contribution in [0.2, 0.25) is 0 Å². The van der Waals surface area contributed by atoms with Crippen molar-refractivity contribution in [1.82, 2.24) is 9.78 Å². The fraction of sp³-hybridized carbons (Fsp3) is 0.412. The molecular formula is C17H21N3O. The Hall–Kier alpha value is -2.10. The molecule has 1 aliphatic rings. The highest BCUT2D eigenvalue weighted by Crippen LogP contribution is 2.23. The number of anilines is 1. The summed E-state index contributed by atoms with van der Waals surface area (Å²) in [4.78, 5) is 12.5. The molecule has 21 heavy (non-hydrogen) atoms. The Balaban J connectivity index is 1.81. The zero-order chi connectivity index (χ0) is 14.8. The van der Waals surface area contributed by atoms with Gasteiger partial charge in [-0.1, -0.05) is 6.92 Å². The SMILES string of the molecule is CCc1cc(CC(=O)c2ccc3c(c2)CCN3)n(CC)n1. The molecule has 1 aromatic carbocycles. The number of hydrogen-bond donors (Lipinski definition) is 1. The lowest BCUT2D eigenvalue weighted by Gasteiger charge is -2.06. The van der Waals surface area contributed by atoms with Crippen LogP contribution in [0.5, 0.6) is 0 Å². The summed E-state index contributed by atoms with van der Waals surface area (Å²) in [5, 5.41) is 7.83. The molecule has 0 unspecified atom stereocenters. The van der Waals surface area contributed by atoms with Crippen molar-refractivity contribution in [1.29, 1.82) is 0 Å². The maximum absolute atomic E-state index is 12.5. The minimum Gasteiger partial charge on any atom is -0.384 e. The maximum Gasteiger partial charge on any atom is 0.168 e. The number of aryl methyl sites for hydroxylation is 2. The molecule has 3 rings (SSSR count). The van der Waals surface area contributed by atoms with Gasteiger partial charge in [-0.05, 0) is 49.6 Å². The van der Waals surface area contributed by atoms with E-state index in [4.69, 9.17) is 0 Å². The molecule has 4 heteroatoms. The van der Waals surface area contributed by atoms with Gasteiger partial charge >= 0.3 is 0 Å². The monoisotopic (exact) mass is 283 g/mol. The fourth-order valence-corrected chi connectivity index (χ4v) is 2.85. The van der Waals surface area contributed by atoms with Crippen LogP contribution in [0.25, 0.3) is 0 Å². The van der Waals surface area contributed by atoms with Gasteiger partial charge in [0.1, 0.15) is 0 Å². The number of rotatable bonds is 5. The van der Waals surface area contributed by atoms with Crippen molar-refractivity contribution in [2.45, 2.75) is 39.7 Å². The maximum atomic E-state index is 12.5. The van der Waals surface area contributed by atoms with E-state index in [1.807, 2.05) is 22.9 Å². The first-order valence-corrected chi connectivity index (χ1v) is 7.66. The van der Waals surface area contributed by atoms with Gasteiger partial charge in [-0.3, -0.25) is 9.48 Å². The highest BCUT2D eigenvalue weighted by molar-refractivity contribution is 5.98. The van der Waals surface area contributed by atoms with Crippen molar-refractivity contribution < 1.29 is 4.79 Å². The van der Waals surface area contributed by atoms with Gasteiger partial charge in [-0.15, -0.1) is 0 Å². The van der Waals surface area contributed by atoms with E-state index in [0.717, 1.165) is 42.9 Å². The molecule has 4 nitrogen and oxygen atoms in total. The predicted octanol–water partition coefficient (Wildman–Crippen LogP) is 2.86. The Labute approximate surface area is 125 Å². The Kier molecular flexibility index (Phi) is 3.78. The number of ketones is 1. The first-order valence-electron chi connectivity index (χ1n) is 7.66. The third-order valence-corrected chi connectivity index (χ3v) is 4.05. The number of nitrogens with zero attached hydrogens (tertiary/aromatic N) is 2. The molecule has 2 heterocycles. The highest BCUT2D eigenvalue weighted by atomic mass is 16.1. The lowest BCUT2D eigenvalue weighted by atomic mass is 10.0. The second kappa shape index (κ2) is 5.72. The Morgan fingerprint density at radius 1 is 1.33 bits per heavy atom. The molecule has 0 spiro atoms. The molecule has 0 saturated carbocycles. The van der Waals surface area contributed by atoms with Crippen LogP contribution in [-0.4, -0.2) is 22.1 Å². The molecule has 110 valence electrons. The number of hydrogen-bond acceptors (Lipinski definition) is 3. The zero-order valence-electron chi connectivity index (χ0n) is 12.6. The lowest BCUT2D eigenvalue weighted by Crippen LogP contribution is -2.10. The molecule has 0 amide bonds. The smallest absolute Gasteiger partial charge is 0.168 e. The van der Waals surface area contributed by atoms with Crippen molar-refractivity contribution in [2.24, 2.45) is 0 Å². The van der Waals surface area contributed by atoms with Crippen LogP contribution >= 0.6 is 0 Å². The van der Waals surface area contributed by atoms with Gasteiger partial charge < -0.3 is 5.32 Å². The number of benzene rings is 1. The molecule has 1 aromatic heterocycles. The van der Waals surface area contributed by atoms with Crippen LogP contribution in [0.15, 0.2) is 24.3 Å². The average Bonchev–Trinajstić information content (AvgIpc) is 3.12. The van der Waals surface area contributed by atoms with Crippen molar-refractivity contribution in [3.63, 3.8) is 0 Å². The fourth-order valence-electron chi connectivity index (χ4n) is 2.85. The third-order valence-electron chi connectivity index (χ3n) is 4.05. The Morgan fingerprint density at radius 3 is 2.95 bits per heavy atom. The second-order valence-corrected chi connectivity index (χ2v) is 5.44. The largest absolute Gasteiger partial charge is 0.384 e. The highest BCUT2D eigenvalue weighted by Gasteiger charge is 2.16. The van der Waals surface area contributed by atoms with E-state index in [-0.39, 0.29) is 5.78 Å². The summed E-state index contributed by atoms with van der Waals surface area (Å²) >= 11 is 0. The van der Waals surface area contributed by atoms with Gasteiger partial charge in [0.15, 0.2) is 5.78 Å². The van der Waals surface area contributed by atoms with Crippen LogP contribution in [0.4, 0.5) is 5.69 Å². The van der Waals surface area contributed by atoms with Gasteiger partial charge in [0.2, 0.25) is 0 Å². The Bertz CT molecular complexity index is 673. The van der Waals surface area contributed by atoms with E-state index in [9.17, 15) is 4.79 Å². The topological polar surface area (TPSA) is 46.9 Å². The summed E-state index contributed by atoms with van der Waals surface area (Å²) in [7, 11) is 0. The van der Waals surface area contributed by atoms with Crippen LogP contribution in [0, 0.1) is 0 Å². The summed E-state index contributed by atoms with van der Waals surface area (Å²) in [5.41, 5.74) is 5.28. The molecule has 1 N–H and O–H groups in total. The molecule has 0 radical (unpaired) electrons. The van der Waals surface area contributed by atoms with Crippen molar-refractivity contribution in [3.05, 3.63) is 46.8 Å². The van der Waals surface area contributed by atoms with E-state index in [1.165, 1.54) is 11.3 Å². The van der Waals surface area contributed by atoms with Gasteiger partial charge in [-0.25, -0.2) is 0 Å². The molecule has 1 aliphatic heterocycles. The number of carbonyl (C=O) groups excluding carboxylic acids is 1. The van der Waals surface area contributed by atoms with E-state index in [0.29, 0.717) is 6.42 Å². The summed E-state index contributed by atoms with van der Waals surface area (Å²) in [6.45, 7) is 5.91. The lowest BCUT2D eigenvalue weighted by molar-refractivity contribution is 0.0990. The predicted molar refractivity (Wildman–Crippen MR) is 83.9 cm³/mol. The number of Topliss-reactive ketones (excluding diaryl/α,β-unsaturated/α-hetero) is 1. The van der Waals surface area contributed by atoms with Crippen molar-refractivity contribution >= 4 is 11.5 Å². The van der Waals surface area contributed by atoms with Crippen molar-refractivity contribution in [3.8, 4) is 0 Å². The Morgan fingerprint density at radius 2 is 2.19 bits per heavy atom. The second-order valence-electron chi connectivity index (χ2n) is 5.44. The van der Waals surface area contributed by atoms with Crippen molar-refractivity contribution in [2.75, 3.05) is 11.9 Å². The van der Waals surface area contributed by atoms with E-state index >= 15 is 0 Å². The molecule has 0 atom stereocenters. The summed E-state index contributed by atoms with van der Waals surface area (Å²) in [5.74, 6) is 0.168. The number of carbonyl (C=O) groups is 1. The average molecular weight is 283 g/mol. The first-order chi connectivity index (χ1) is 10.2. The van der Waals surface area contributed by atoms with E-state index in [2.05, 4.69) is 30.3 Å². The molecule has 0 aliphatic carbocycles. The van der Waals surface area contributed by atoms with Gasteiger partial charge in [-0.2, -0.15) is 5.10 Å². The first kappa shape index (κ1) is 13.9. The molecule has 0 saturated heterocycles. The third kappa shape index (κ3) is 2.71. The van der Waals surface area contributed by atoms with Crippen LogP contribution < -0.4 is 5.32 Å². The quantitative estimate of drug-likeness (QED) is 0.858. The van der Waals surface area contributed by atoms with E-state index < -0.39 is 0 Å². The molecular weight excluding hydrogens is 262 g/mol. The minimum absolute atomic E-state index is 0.168. The zero-order valence-corrected chi connectivity index (χ0v) is 12.6. The molecule has 0 bridgehead atoms. The summed E-state index contributed by atoms with van der Waals surface area (Å²) in [6.07, 6.45) is 2.33. The van der Waals surface area contributed by atoms with Gasteiger partial charge in [0.25, 0.3) is 0 Å². The van der Waals surface area contributed by atoms with Gasteiger partial charge in [0.05, 0.1) is 12.1 Å². The molecule has 2 aromatic rings. The van der Waals surface area contributed by atoms with E-state index in [1.54, 1.807) is 0 Å². The van der Waals surface area contributed by atoms with Gasteiger partial charge in [0, 0.05) is 30.0 Å². The number of aromatic nitrogens is 2.